The molecule has 2 N–H and O–H groups in total. The molecule has 2 aromatic rings. The minimum Gasteiger partial charge on any atom is -0.352 e. The van der Waals surface area contributed by atoms with Crippen molar-refractivity contribution in [3.05, 3.63) is 59.9 Å². The molecule has 0 heterocycles. The summed E-state index contributed by atoms with van der Waals surface area (Å²) in [5, 5.41) is 2.65. The summed E-state index contributed by atoms with van der Waals surface area (Å²) < 4.78 is 65.3. The Labute approximate surface area is 176 Å². The van der Waals surface area contributed by atoms with Crippen LogP contribution in [0.15, 0.2) is 58.3 Å². The monoisotopic (exact) mass is 457 g/mol. The quantitative estimate of drug-likeness (QED) is 0.525. The molecule has 0 radical (unpaired) electrons. The molecular weight excluding hydrogens is 433 g/mol. The number of carbonyl (C=O) groups excluding carboxylic acids is 1. The highest BCUT2D eigenvalue weighted by Crippen LogP contribution is 2.18. The third kappa shape index (κ3) is 6.33. The number of hydrogen-bond acceptors (Lipinski definition) is 5. The minimum atomic E-state index is -3.78. The maximum atomic E-state index is 12.9. The van der Waals surface area contributed by atoms with Crippen LogP contribution in [0.1, 0.15) is 18.4 Å². The Bertz CT molecular complexity index is 1090. The number of sulfonamides is 2. The maximum Gasteiger partial charge on any atom is 0.242 e. The molecule has 0 spiro atoms. The van der Waals surface area contributed by atoms with Crippen LogP contribution < -0.4 is 10.0 Å². The largest absolute Gasteiger partial charge is 0.352 e. The van der Waals surface area contributed by atoms with Gasteiger partial charge in [0.15, 0.2) is 0 Å². The van der Waals surface area contributed by atoms with E-state index in [4.69, 9.17) is 0 Å². The van der Waals surface area contributed by atoms with E-state index in [2.05, 4.69) is 10.0 Å². The molecule has 0 aliphatic heterocycles. The van der Waals surface area contributed by atoms with Crippen molar-refractivity contribution in [3.8, 4) is 0 Å². The van der Waals surface area contributed by atoms with Crippen molar-refractivity contribution in [1.29, 1.82) is 0 Å². The molecule has 2 rings (SSSR count). The van der Waals surface area contributed by atoms with Gasteiger partial charge in [-0.1, -0.05) is 18.2 Å². The summed E-state index contributed by atoms with van der Waals surface area (Å²) in [4.78, 5) is 12.1. The van der Waals surface area contributed by atoms with Gasteiger partial charge in [0.1, 0.15) is 5.82 Å². The summed E-state index contributed by atoms with van der Waals surface area (Å²) >= 11 is 0. The molecule has 0 atom stereocenters. The molecular formula is C19H24FN3O5S2. The van der Waals surface area contributed by atoms with E-state index in [9.17, 15) is 26.0 Å². The first kappa shape index (κ1) is 23.9. The molecule has 30 heavy (non-hydrogen) atoms. The van der Waals surface area contributed by atoms with Gasteiger partial charge in [-0.3, -0.25) is 4.79 Å². The van der Waals surface area contributed by atoms with Crippen molar-refractivity contribution in [2.75, 3.05) is 20.6 Å². The van der Waals surface area contributed by atoms with Crippen LogP contribution in [0.2, 0.25) is 0 Å². The fraction of sp³-hybridized carbons (Fsp3) is 0.316. The van der Waals surface area contributed by atoms with Gasteiger partial charge in [0.05, 0.1) is 9.79 Å². The summed E-state index contributed by atoms with van der Waals surface area (Å²) in [6.07, 6.45) is 0.290. The standard InChI is InChI=1S/C19H24FN3O5S2/c1-23(2)30(27,28)18-7-4-3-6-15(18)14-21-19(24)8-5-13-22-29(25,26)17-11-9-16(20)10-12-17/h3-4,6-7,9-12,22H,5,8,13-14H2,1-2H3,(H,21,24). The van der Waals surface area contributed by atoms with Gasteiger partial charge in [-0.2, -0.15) is 0 Å². The number of amides is 1. The van der Waals surface area contributed by atoms with E-state index in [1.165, 1.54) is 20.2 Å². The Kier molecular flexibility index (Phi) is 8.07. The van der Waals surface area contributed by atoms with Crippen LogP contribution in [0.4, 0.5) is 4.39 Å². The number of hydrogen-bond donors (Lipinski definition) is 2. The van der Waals surface area contributed by atoms with Crippen molar-refractivity contribution in [3.63, 3.8) is 0 Å². The third-order valence-corrected chi connectivity index (χ3v) is 7.60. The fourth-order valence-corrected chi connectivity index (χ4v) is 4.72. The normalized spacial score (nSPS) is 12.1. The van der Waals surface area contributed by atoms with Crippen molar-refractivity contribution in [2.45, 2.75) is 29.2 Å². The molecule has 11 heteroatoms. The second-order valence-electron chi connectivity index (χ2n) is 6.63. The topological polar surface area (TPSA) is 113 Å². The van der Waals surface area contributed by atoms with E-state index in [0.717, 1.165) is 28.6 Å². The van der Waals surface area contributed by atoms with E-state index in [0.29, 0.717) is 5.56 Å². The number of carbonyl (C=O) groups is 1. The number of benzene rings is 2. The first-order valence-corrected chi connectivity index (χ1v) is 12.0. The summed E-state index contributed by atoms with van der Waals surface area (Å²) in [6.45, 7) is 0.0576. The maximum absolute atomic E-state index is 12.9. The van der Waals surface area contributed by atoms with Crippen LogP contribution in [-0.4, -0.2) is 47.7 Å². The van der Waals surface area contributed by atoms with E-state index in [1.54, 1.807) is 18.2 Å². The molecule has 0 saturated heterocycles. The summed E-state index contributed by atoms with van der Waals surface area (Å²) in [6, 6.07) is 10.8. The average Bonchev–Trinajstić information content (AvgIpc) is 2.70. The van der Waals surface area contributed by atoms with Gasteiger partial charge in [0.2, 0.25) is 26.0 Å². The van der Waals surface area contributed by atoms with Crippen molar-refractivity contribution in [2.24, 2.45) is 0 Å². The number of nitrogens with zero attached hydrogens (tertiary/aromatic N) is 1. The van der Waals surface area contributed by atoms with Gasteiger partial charge in [0.25, 0.3) is 0 Å². The molecule has 8 nitrogen and oxygen atoms in total. The molecule has 0 aliphatic rings. The van der Waals surface area contributed by atoms with Gasteiger partial charge >= 0.3 is 0 Å². The molecule has 1 amide bonds. The van der Waals surface area contributed by atoms with E-state index in [1.807, 2.05) is 0 Å². The zero-order valence-electron chi connectivity index (χ0n) is 16.6. The highest BCUT2D eigenvalue weighted by atomic mass is 32.2. The Morgan fingerprint density at radius 2 is 1.63 bits per heavy atom. The Morgan fingerprint density at radius 1 is 1.00 bits per heavy atom. The molecule has 0 aromatic heterocycles. The number of halogens is 1. The lowest BCUT2D eigenvalue weighted by molar-refractivity contribution is -0.121. The molecule has 0 saturated carbocycles. The fourth-order valence-electron chi connectivity index (χ4n) is 2.53. The van der Waals surface area contributed by atoms with Gasteiger partial charge in [-0.25, -0.2) is 30.3 Å². The van der Waals surface area contributed by atoms with Crippen molar-refractivity contribution < 1.29 is 26.0 Å². The van der Waals surface area contributed by atoms with Crippen LogP contribution in [0.5, 0.6) is 0 Å². The van der Waals surface area contributed by atoms with Gasteiger partial charge in [-0.15, -0.1) is 0 Å². The van der Waals surface area contributed by atoms with Crippen LogP contribution in [0.3, 0.4) is 0 Å². The summed E-state index contributed by atoms with van der Waals surface area (Å²) in [7, 11) is -4.56. The smallest absolute Gasteiger partial charge is 0.242 e. The SMILES string of the molecule is CN(C)S(=O)(=O)c1ccccc1CNC(=O)CCCNS(=O)(=O)c1ccc(F)cc1. The Morgan fingerprint density at radius 3 is 2.27 bits per heavy atom. The minimum absolute atomic E-state index is 0.0265. The lowest BCUT2D eigenvalue weighted by Gasteiger charge is -2.15. The van der Waals surface area contributed by atoms with Gasteiger partial charge in [-0.05, 0) is 42.3 Å². The number of nitrogens with one attached hydrogen (secondary N) is 2. The molecule has 0 bridgehead atoms. The summed E-state index contributed by atoms with van der Waals surface area (Å²) in [5.74, 6) is -0.876. The van der Waals surface area contributed by atoms with Crippen LogP contribution in [0.25, 0.3) is 0 Å². The highest BCUT2D eigenvalue weighted by molar-refractivity contribution is 7.89. The third-order valence-electron chi connectivity index (χ3n) is 4.20. The van der Waals surface area contributed by atoms with E-state index >= 15 is 0 Å². The average molecular weight is 458 g/mol. The van der Waals surface area contributed by atoms with Gasteiger partial charge in [0, 0.05) is 33.6 Å². The Balaban J connectivity index is 1.85. The second kappa shape index (κ2) is 10.1. The predicted molar refractivity (Wildman–Crippen MR) is 110 cm³/mol. The van der Waals surface area contributed by atoms with Crippen LogP contribution in [-0.2, 0) is 31.4 Å². The van der Waals surface area contributed by atoms with E-state index < -0.39 is 25.9 Å². The van der Waals surface area contributed by atoms with Crippen molar-refractivity contribution >= 4 is 26.0 Å². The Hall–Kier alpha value is -2.34. The first-order chi connectivity index (χ1) is 14.0. The molecule has 164 valence electrons. The van der Waals surface area contributed by atoms with Crippen LogP contribution >= 0.6 is 0 Å². The zero-order valence-corrected chi connectivity index (χ0v) is 18.3. The second-order valence-corrected chi connectivity index (χ2v) is 10.5. The van der Waals surface area contributed by atoms with Crippen LogP contribution in [0, 0.1) is 5.82 Å². The van der Waals surface area contributed by atoms with Gasteiger partial charge < -0.3 is 5.32 Å². The number of rotatable bonds is 10. The molecule has 2 aromatic carbocycles. The zero-order chi connectivity index (χ0) is 22.4. The summed E-state index contributed by atoms with van der Waals surface area (Å²) in [5.41, 5.74) is 0.455. The molecule has 0 aliphatic carbocycles. The highest BCUT2D eigenvalue weighted by Gasteiger charge is 2.20. The molecule has 0 fully saturated rings. The lowest BCUT2D eigenvalue weighted by atomic mass is 10.2. The first-order valence-electron chi connectivity index (χ1n) is 9.06. The lowest BCUT2D eigenvalue weighted by Crippen LogP contribution is -2.28. The molecule has 0 unspecified atom stereocenters. The van der Waals surface area contributed by atoms with Crippen molar-refractivity contribution in [1.82, 2.24) is 14.3 Å². The predicted octanol–water partition coefficient (Wildman–Crippen LogP) is 1.45. The van der Waals surface area contributed by atoms with E-state index in [-0.39, 0.29) is 41.6 Å².